The van der Waals surface area contributed by atoms with E-state index in [0.29, 0.717) is 17.8 Å². The molecule has 0 heterocycles. The van der Waals surface area contributed by atoms with E-state index in [1.807, 2.05) is 19.1 Å². The van der Waals surface area contributed by atoms with Crippen molar-refractivity contribution in [3.05, 3.63) is 63.9 Å². The van der Waals surface area contributed by atoms with E-state index in [4.69, 9.17) is 22.5 Å². The molecule has 0 aromatic heterocycles. The molecule has 0 saturated carbocycles. The molecular weight excluding hydrogens is 293 g/mol. The molecular formula is C15H15ClFN3O. The van der Waals surface area contributed by atoms with Crippen LogP contribution < -0.4 is 11.1 Å². The van der Waals surface area contributed by atoms with Crippen LogP contribution in [0.3, 0.4) is 0 Å². The third-order valence-electron chi connectivity index (χ3n) is 3.15. The zero-order valence-corrected chi connectivity index (χ0v) is 12.2. The molecule has 0 amide bonds. The number of aryl methyl sites for hydroxylation is 1. The zero-order valence-electron chi connectivity index (χ0n) is 11.4. The average Bonchev–Trinajstić information content (AvgIpc) is 2.48. The molecule has 0 atom stereocenters. The van der Waals surface area contributed by atoms with E-state index in [-0.39, 0.29) is 10.9 Å². The summed E-state index contributed by atoms with van der Waals surface area (Å²) in [6.07, 6.45) is 0. The van der Waals surface area contributed by atoms with Gasteiger partial charge in [0.2, 0.25) is 0 Å². The summed E-state index contributed by atoms with van der Waals surface area (Å²) >= 11 is 5.64. The lowest BCUT2D eigenvalue weighted by atomic mass is 10.0. The zero-order chi connectivity index (χ0) is 15.4. The Balaban J connectivity index is 2.11. The number of nitrogens with zero attached hydrogens (tertiary/aromatic N) is 1. The molecule has 6 heteroatoms. The Morgan fingerprint density at radius 2 is 2.10 bits per heavy atom. The summed E-state index contributed by atoms with van der Waals surface area (Å²) in [5, 5.41) is 14.8. The van der Waals surface area contributed by atoms with E-state index >= 15 is 0 Å². The third-order valence-corrected chi connectivity index (χ3v) is 3.46. The normalized spacial score (nSPS) is 11.5. The summed E-state index contributed by atoms with van der Waals surface area (Å²) in [7, 11) is 0. The molecule has 0 aliphatic heterocycles. The second kappa shape index (κ2) is 6.45. The Morgan fingerprint density at radius 1 is 1.33 bits per heavy atom. The fraction of sp³-hybridized carbons (Fsp3) is 0.133. The predicted octanol–water partition coefficient (Wildman–Crippen LogP) is 3.49. The van der Waals surface area contributed by atoms with Crippen molar-refractivity contribution in [2.24, 2.45) is 10.9 Å². The van der Waals surface area contributed by atoms with Crippen molar-refractivity contribution in [2.45, 2.75) is 13.5 Å². The van der Waals surface area contributed by atoms with Crippen LogP contribution in [0.5, 0.6) is 0 Å². The van der Waals surface area contributed by atoms with Crippen LogP contribution >= 0.6 is 11.6 Å². The molecule has 0 aliphatic rings. The van der Waals surface area contributed by atoms with Crippen LogP contribution in [0.4, 0.5) is 10.1 Å². The molecule has 21 heavy (non-hydrogen) atoms. The first-order chi connectivity index (χ1) is 10.0. The van der Waals surface area contributed by atoms with Gasteiger partial charge in [-0.15, -0.1) is 0 Å². The largest absolute Gasteiger partial charge is 0.409 e. The van der Waals surface area contributed by atoms with Crippen LogP contribution in [0.25, 0.3) is 0 Å². The van der Waals surface area contributed by atoms with E-state index < -0.39 is 5.82 Å². The standard InChI is InChI=1S/C15H15ClFN3O/c1-9-6-10(15(18)20-21)2-3-11(9)8-19-12-4-5-13(16)14(17)7-12/h2-7,19,21H,8H2,1H3,(H2,18,20). The Labute approximate surface area is 127 Å². The number of hydrogen-bond donors (Lipinski definition) is 3. The van der Waals surface area contributed by atoms with E-state index in [0.717, 1.165) is 11.1 Å². The van der Waals surface area contributed by atoms with Gasteiger partial charge >= 0.3 is 0 Å². The van der Waals surface area contributed by atoms with Gasteiger partial charge in [0.15, 0.2) is 5.84 Å². The number of anilines is 1. The van der Waals surface area contributed by atoms with Crippen molar-refractivity contribution >= 4 is 23.1 Å². The molecule has 4 N–H and O–H groups in total. The molecule has 2 aromatic rings. The SMILES string of the molecule is Cc1cc(/C(N)=N/O)ccc1CNc1ccc(Cl)c(F)c1. The summed E-state index contributed by atoms with van der Waals surface area (Å²) in [6, 6.07) is 10.0. The van der Waals surface area contributed by atoms with Crippen molar-refractivity contribution in [1.82, 2.24) is 0 Å². The molecule has 0 unspecified atom stereocenters. The minimum absolute atomic E-state index is 0.0670. The van der Waals surface area contributed by atoms with Crippen molar-refractivity contribution < 1.29 is 9.60 Å². The second-order valence-electron chi connectivity index (χ2n) is 4.61. The van der Waals surface area contributed by atoms with Gasteiger partial charge in [-0.25, -0.2) is 4.39 Å². The lowest BCUT2D eigenvalue weighted by Crippen LogP contribution is -2.13. The highest BCUT2D eigenvalue weighted by Gasteiger charge is 2.05. The quantitative estimate of drug-likeness (QED) is 0.350. The summed E-state index contributed by atoms with van der Waals surface area (Å²) in [5.74, 6) is -0.391. The molecule has 0 spiro atoms. The number of hydrogen-bond acceptors (Lipinski definition) is 3. The minimum Gasteiger partial charge on any atom is -0.409 e. The molecule has 0 aliphatic carbocycles. The number of benzene rings is 2. The maximum absolute atomic E-state index is 13.3. The van der Waals surface area contributed by atoms with Gasteiger partial charge in [0.25, 0.3) is 0 Å². The van der Waals surface area contributed by atoms with Gasteiger partial charge in [0.1, 0.15) is 5.82 Å². The molecule has 0 saturated heterocycles. The van der Waals surface area contributed by atoms with Crippen molar-refractivity contribution in [3.8, 4) is 0 Å². The van der Waals surface area contributed by atoms with Crippen LogP contribution in [0.15, 0.2) is 41.6 Å². The number of oxime groups is 1. The highest BCUT2D eigenvalue weighted by atomic mass is 35.5. The molecule has 0 fully saturated rings. The maximum Gasteiger partial charge on any atom is 0.170 e. The van der Waals surface area contributed by atoms with Gasteiger partial charge in [-0.1, -0.05) is 28.9 Å². The van der Waals surface area contributed by atoms with E-state index in [1.165, 1.54) is 12.1 Å². The Kier molecular flexibility index (Phi) is 4.65. The van der Waals surface area contributed by atoms with Gasteiger partial charge in [-0.05, 0) is 42.3 Å². The summed E-state index contributed by atoms with van der Waals surface area (Å²) in [4.78, 5) is 0. The first-order valence-electron chi connectivity index (χ1n) is 6.27. The highest BCUT2D eigenvalue weighted by molar-refractivity contribution is 6.30. The average molecular weight is 308 g/mol. The van der Waals surface area contributed by atoms with Crippen LogP contribution in [-0.4, -0.2) is 11.0 Å². The molecule has 110 valence electrons. The predicted molar refractivity (Wildman–Crippen MR) is 82.4 cm³/mol. The second-order valence-corrected chi connectivity index (χ2v) is 5.02. The van der Waals surface area contributed by atoms with Crippen LogP contribution in [0, 0.1) is 12.7 Å². The molecule has 0 bridgehead atoms. The number of amidine groups is 1. The van der Waals surface area contributed by atoms with Crippen molar-refractivity contribution in [3.63, 3.8) is 0 Å². The number of nitrogens with one attached hydrogen (secondary N) is 1. The molecule has 2 rings (SSSR count). The Hall–Kier alpha value is -2.27. The lowest BCUT2D eigenvalue weighted by Gasteiger charge is -2.11. The summed E-state index contributed by atoms with van der Waals surface area (Å²) in [5.41, 5.74) is 8.85. The molecule has 2 aromatic carbocycles. The minimum atomic E-state index is -0.458. The first-order valence-corrected chi connectivity index (χ1v) is 6.65. The molecule has 4 nitrogen and oxygen atoms in total. The Morgan fingerprint density at radius 3 is 2.71 bits per heavy atom. The van der Waals surface area contributed by atoms with Gasteiger partial charge in [0, 0.05) is 17.8 Å². The van der Waals surface area contributed by atoms with Crippen LogP contribution in [0.1, 0.15) is 16.7 Å². The van der Waals surface area contributed by atoms with Gasteiger partial charge < -0.3 is 16.3 Å². The summed E-state index contributed by atoms with van der Waals surface area (Å²) < 4.78 is 13.3. The molecule has 0 radical (unpaired) electrons. The lowest BCUT2D eigenvalue weighted by molar-refractivity contribution is 0.318. The fourth-order valence-electron chi connectivity index (χ4n) is 1.91. The fourth-order valence-corrected chi connectivity index (χ4v) is 2.03. The number of halogens is 2. The van der Waals surface area contributed by atoms with Gasteiger partial charge in [-0.2, -0.15) is 0 Å². The van der Waals surface area contributed by atoms with Crippen molar-refractivity contribution in [2.75, 3.05) is 5.32 Å². The van der Waals surface area contributed by atoms with Gasteiger partial charge in [0.05, 0.1) is 5.02 Å². The van der Waals surface area contributed by atoms with Crippen LogP contribution in [-0.2, 0) is 6.54 Å². The summed E-state index contributed by atoms with van der Waals surface area (Å²) in [6.45, 7) is 2.46. The highest BCUT2D eigenvalue weighted by Crippen LogP contribution is 2.20. The van der Waals surface area contributed by atoms with Crippen LogP contribution in [0.2, 0.25) is 5.02 Å². The topological polar surface area (TPSA) is 70.6 Å². The number of nitrogens with two attached hydrogens (primary N) is 1. The monoisotopic (exact) mass is 307 g/mol. The maximum atomic E-state index is 13.3. The van der Waals surface area contributed by atoms with E-state index in [1.54, 1.807) is 12.1 Å². The first kappa shape index (κ1) is 15.1. The number of rotatable bonds is 4. The van der Waals surface area contributed by atoms with E-state index in [2.05, 4.69) is 10.5 Å². The van der Waals surface area contributed by atoms with E-state index in [9.17, 15) is 4.39 Å². The smallest absolute Gasteiger partial charge is 0.170 e. The Bertz CT molecular complexity index is 689. The van der Waals surface area contributed by atoms with Crippen molar-refractivity contribution in [1.29, 1.82) is 0 Å². The third kappa shape index (κ3) is 3.64. The van der Waals surface area contributed by atoms with Gasteiger partial charge in [-0.3, -0.25) is 0 Å².